The van der Waals surface area contributed by atoms with E-state index in [1.54, 1.807) is 18.5 Å². The monoisotopic (exact) mass is 344 g/mol. The Morgan fingerprint density at radius 3 is 2.52 bits per heavy atom. The van der Waals surface area contributed by atoms with Crippen molar-refractivity contribution < 1.29 is 9.90 Å². The van der Waals surface area contributed by atoms with Gasteiger partial charge in [-0.3, -0.25) is 4.57 Å². The summed E-state index contributed by atoms with van der Waals surface area (Å²) in [6.07, 6.45) is 1.68. The fraction of sp³-hybridized carbons (Fsp3) is 0.125. The maximum absolute atomic E-state index is 11.3. The van der Waals surface area contributed by atoms with E-state index in [9.17, 15) is 9.90 Å². The van der Waals surface area contributed by atoms with E-state index < -0.39 is 5.97 Å². The van der Waals surface area contributed by atoms with Gasteiger partial charge < -0.3 is 5.11 Å². The highest BCUT2D eigenvalue weighted by Crippen LogP contribution is 2.28. The molecule has 0 aliphatic carbocycles. The molecule has 0 saturated carbocycles. The van der Waals surface area contributed by atoms with Gasteiger partial charge in [-0.1, -0.05) is 22.0 Å². The van der Waals surface area contributed by atoms with Gasteiger partial charge in [0.15, 0.2) is 0 Å². The average Bonchev–Trinajstić information content (AvgIpc) is 2.81. The minimum Gasteiger partial charge on any atom is -0.478 e. The molecule has 0 unspecified atom stereocenters. The summed E-state index contributed by atoms with van der Waals surface area (Å²) in [4.78, 5) is 15.6. The second-order valence-electron chi connectivity index (χ2n) is 4.98. The van der Waals surface area contributed by atoms with Crippen LogP contribution in [0.4, 0.5) is 0 Å². The molecule has 4 nitrogen and oxygen atoms in total. The fourth-order valence-electron chi connectivity index (χ4n) is 2.67. The number of hydrogen-bond donors (Lipinski definition) is 1. The largest absolute Gasteiger partial charge is 0.478 e. The molecule has 1 aromatic heterocycles. The molecule has 0 amide bonds. The number of aryl methyl sites for hydroxylation is 2. The number of benzene rings is 2. The first-order valence-corrected chi connectivity index (χ1v) is 7.25. The van der Waals surface area contributed by atoms with Crippen molar-refractivity contribution in [3.05, 3.63) is 57.8 Å². The van der Waals surface area contributed by atoms with Crippen LogP contribution in [0.3, 0.4) is 0 Å². The molecule has 3 rings (SSSR count). The average molecular weight is 345 g/mol. The van der Waals surface area contributed by atoms with Crippen LogP contribution in [0.2, 0.25) is 0 Å². The summed E-state index contributed by atoms with van der Waals surface area (Å²) in [6.45, 7) is 4.06. The molecule has 21 heavy (non-hydrogen) atoms. The van der Waals surface area contributed by atoms with E-state index in [0.29, 0.717) is 5.52 Å². The molecule has 0 atom stereocenters. The number of carbonyl (C=O) groups is 1. The van der Waals surface area contributed by atoms with E-state index in [-0.39, 0.29) is 5.56 Å². The first kappa shape index (κ1) is 13.8. The van der Waals surface area contributed by atoms with Gasteiger partial charge in [-0.05, 0) is 49.2 Å². The van der Waals surface area contributed by atoms with E-state index in [1.807, 2.05) is 36.6 Å². The van der Waals surface area contributed by atoms with Crippen molar-refractivity contribution in [2.75, 3.05) is 0 Å². The molecule has 0 aliphatic rings. The third kappa shape index (κ3) is 2.23. The van der Waals surface area contributed by atoms with Gasteiger partial charge in [0.1, 0.15) is 11.8 Å². The Kier molecular flexibility index (Phi) is 3.29. The zero-order valence-corrected chi connectivity index (χ0v) is 13.2. The molecule has 0 spiro atoms. The first-order chi connectivity index (χ1) is 9.99. The zero-order chi connectivity index (χ0) is 15.1. The lowest BCUT2D eigenvalue weighted by atomic mass is 10.1. The molecule has 106 valence electrons. The van der Waals surface area contributed by atoms with Gasteiger partial charge in [0.05, 0.1) is 16.8 Å². The van der Waals surface area contributed by atoms with Crippen molar-refractivity contribution in [3.63, 3.8) is 0 Å². The van der Waals surface area contributed by atoms with Crippen molar-refractivity contribution in [1.82, 2.24) is 9.55 Å². The molecule has 3 aromatic rings. The molecule has 1 N–H and O–H groups in total. The Balaban J connectivity index is 2.33. The van der Waals surface area contributed by atoms with Gasteiger partial charge >= 0.3 is 5.97 Å². The second-order valence-corrected chi connectivity index (χ2v) is 5.90. The van der Waals surface area contributed by atoms with Crippen LogP contribution in [-0.4, -0.2) is 20.6 Å². The number of nitrogens with zero attached hydrogens (tertiary/aromatic N) is 2. The highest BCUT2D eigenvalue weighted by atomic mass is 79.9. The summed E-state index contributed by atoms with van der Waals surface area (Å²) in [5.74, 6) is -0.963. The number of imidazole rings is 1. The molecule has 2 aromatic carbocycles. The highest BCUT2D eigenvalue weighted by molar-refractivity contribution is 9.10. The first-order valence-electron chi connectivity index (χ1n) is 6.45. The Hall–Kier alpha value is -2.14. The number of carboxylic acids is 1. The van der Waals surface area contributed by atoms with Crippen LogP contribution in [0.25, 0.3) is 16.7 Å². The Morgan fingerprint density at radius 2 is 1.90 bits per heavy atom. The van der Waals surface area contributed by atoms with Crippen molar-refractivity contribution in [1.29, 1.82) is 0 Å². The van der Waals surface area contributed by atoms with Crippen LogP contribution in [-0.2, 0) is 0 Å². The number of para-hydroxylation sites is 1. The molecule has 5 heteroatoms. The summed E-state index contributed by atoms with van der Waals surface area (Å²) in [5, 5.41) is 9.25. The van der Waals surface area contributed by atoms with E-state index in [2.05, 4.69) is 20.9 Å². The van der Waals surface area contributed by atoms with Crippen molar-refractivity contribution in [2.45, 2.75) is 13.8 Å². The lowest BCUT2D eigenvalue weighted by Crippen LogP contribution is -2.00. The van der Waals surface area contributed by atoms with Crippen LogP contribution in [0, 0.1) is 13.8 Å². The van der Waals surface area contributed by atoms with Crippen LogP contribution in [0.15, 0.2) is 41.1 Å². The normalized spacial score (nSPS) is 11.0. The third-order valence-corrected chi connectivity index (χ3v) is 3.96. The van der Waals surface area contributed by atoms with Crippen molar-refractivity contribution in [3.8, 4) is 5.69 Å². The number of halogens is 1. The standard InChI is InChI=1S/C16H13BrN2O2/c1-9-6-11(17)7-10(2)15(9)19-8-18-14-12(16(20)21)4-3-5-13(14)19/h3-8H,1-2H3,(H,20,21). The van der Waals surface area contributed by atoms with Crippen LogP contribution in [0.5, 0.6) is 0 Å². The van der Waals surface area contributed by atoms with Gasteiger partial charge in [0, 0.05) is 4.47 Å². The maximum Gasteiger partial charge on any atom is 0.337 e. The van der Waals surface area contributed by atoms with Crippen LogP contribution < -0.4 is 0 Å². The number of hydrogen-bond acceptors (Lipinski definition) is 2. The Morgan fingerprint density at radius 1 is 1.24 bits per heavy atom. The summed E-state index contributed by atoms with van der Waals surface area (Å²) in [5.41, 5.74) is 4.75. The minimum absolute atomic E-state index is 0.221. The number of rotatable bonds is 2. The van der Waals surface area contributed by atoms with Gasteiger partial charge in [0.2, 0.25) is 0 Å². The van der Waals surface area contributed by atoms with E-state index in [4.69, 9.17) is 0 Å². The number of carboxylic acid groups (broad SMARTS) is 1. The van der Waals surface area contributed by atoms with Gasteiger partial charge in [-0.2, -0.15) is 0 Å². The summed E-state index contributed by atoms with van der Waals surface area (Å²) < 4.78 is 2.97. The lowest BCUT2D eigenvalue weighted by Gasteiger charge is -2.12. The Labute approximate surface area is 130 Å². The molecule has 0 radical (unpaired) electrons. The van der Waals surface area contributed by atoms with Gasteiger partial charge in [-0.25, -0.2) is 9.78 Å². The zero-order valence-electron chi connectivity index (χ0n) is 11.6. The maximum atomic E-state index is 11.3. The summed E-state index contributed by atoms with van der Waals surface area (Å²) >= 11 is 3.49. The third-order valence-electron chi connectivity index (χ3n) is 3.50. The quantitative estimate of drug-likeness (QED) is 0.761. The molecule has 0 aliphatic heterocycles. The van der Waals surface area contributed by atoms with Crippen molar-refractivity contribution >= 4 is 32.9 Å². The van der Waals surface area contributed by atoms with Crippen molar-refractivity contribution in [2.24, 2.45) is 0 Å². The number of aromatic nitrogens is 2. The number of fused-ring (bicyclic) bond motifs is 1. The Bertz CT molecular complexity index is 845. The fourth-order valence-corrected chi connectivity index (χ4v) is 3.36. The molecule has 1 heterocycles. The predicted molar refractivity (Wildman–Crippen MR) is 85.2 cm³/mol. The van der Waals surface area contributed by atoms with Crippen LogP contribution >= 0.6 is 15.9 Å². The molecular weight excluding hydrogens is 332 g/mol. The van der Waals surface area contributed by atoms with E-state index in [1.165, 1.54) is 0 Å². The van der Waals surface area contributed by atoms with E-state index in [0.717, 1.165) is 26.8 Å². The number of aromatic carboxylic acids is 1. The van der Waals surface area contributed by atoms with Gasteiger partial charge in [0.25, 0.3) is 0 Å². The highest BCUT2D eigenvalue weighted by Gasteiger charge is 2.15. The molecule has 0 fully saturated rings. The SMILES string of the molecule is Cc1cc(Br)cc(C)c1-n1cnc2c(C(=O)O)cccc21. The minimum atomic E-state index is -0.963. The lowest BCUT2D eigenvalue weighted by molar-refractivity contribution is 0.0699. The van der Waals surface area contributed by atoms with Gasteiger partial charge in [-0.15, -0.1) is 0 Å². The summed E-state index contributed by atoms with van der Waals surface area (Å²) in [7, 11) is 0. The topological polar surface area (TPSA) is 55.1 Å². The summed E-state index contributed by atoms with van der Waals surface area (Å²) in [6, 6.07) is 9.27. The smallest absolute Gasteiger partial charge is 0.337 e. The molecule has 0 bridgehead atoms. The van der Waals surface area contributed by atoms with E-state index >= 15 is 0 Å². The second kappa shape index (κ2) is 5.00. The predicted octanol–water partition coefficient (Wildman–Crippen LogP) is 4.10. The van der Waals surface area contributed by atoms with Crippen LogP contribution in [0.1, 0.15) is 21.5 Å². The molecular formula is C16H13BrN2O2. The molecule has 0 saturated heterocycles.